The predicted molar refractivity (Wildman–Crippen MR) is 83.1 cm³/mol. The molecular formula is C18H13NO3. The normalized spacial score (nSPS) is 10.2. The number of ether oxygens (including phenoxy) is 1. The van der Waals surface area contributed by atoms with Gasteiger partial charge < -0.3 is 9.84 Å². The van der Waals surface area contributed by atoms with E-state index in [1.807, 2.05) is 30.3 Å². The van der Waals surface area contributed by atoms with Crippen LogP contribution < -0.4 is 4.74 Å². The lowest BCUT2D eigenvalue weighted by atomic mass is 10.1. The van der Waals surface area contributed by atoms with Gasteiger partial charge in [-0.25, -0.2) is 4.79 Å². The smallest absolute Gasteiger partial charge is 0.335 e. The van der Waals surface area contributed by atoms with E-state index in [9.17, 15) is 4.79 Å². The summed E-state index contributed by atoms with van der Waals surface area (Å²) in [5.41, 5.74) is 2.02. The summed E-state index contributed by atoms with van der Waals surface area (Å²) >= 11 is 0. The summed E-state index contributed by atoms with van der Waals surface area (Å²) < 4.78 is 5.85. The van der Waals surface area contributed by atoms with Crippen molar-refractivity contribution < 1.29 is 14.6 Å². The molecule has 0 saturated carbocycles. The number of rotatable bonds is 4. The van der Waals surface area contributed by atoms with Crippen molar-refractivity contribution in [3.05, 3.63) is 78.6 Å². The van der Waals surface area contributed by atoms with Crippen LogP contribution in [0.2, 0.25) is 0 Å². The Labute approximate surface area is 127 Å². The highest BCUT2D eigenvalue weighted by Gasteiger charge is 2.09. The van der Waals surface area contributed by atoms with Gasteiger partial charge in [-0.2, -0.15) is 0 Å². The number of pyridine rings is 1. The Bertz CT molecular complexity index is 800. The lowest BCUT2D eigenvalue weighted by Gasteiger charge is -2.11. The Hall–Kier alpha value is -3.14. The van der Waals surface area contributed by atoms with Gasteiger partial charge in [0.25, 0.3) is 0 Å². The van der Waals surface area contributed by atoms with Crippen molar-refractivity contribution in [1.29, 1.82) is 0 Å². The highest BCUT2D eigenvalue weighted by atomic mass is 16.5. The molecule has 0 amide bonds. The molecule has 1 N–H and O–H groups in total. The number of aromatic nitrogens is 1. The number of hydrogen-bond acceptors (Lipinski definition) is 3. The zero-order chi connectivity index (χ0) is 15.4. The van der Waals surface area contributed by atoms with Crippen molar-refractivity contribution in [3.8, 4) is 22.6 Å². The predicted octanol–water partition coefficient (Wildman–Crippen LogP) is 4.24. The van der Waals surface area contributed by atoms with Gasteiger partial charge in [-0.1, -0.05) is 36.4 Å². The summed E-state index contributed by atoms with van der Waals surface area (Å²) in [6.45, 7) is 0. The molecule has 4 heteroatoms. The minimum absolute atomic E-state index is 0.188. The SMILES string of the molecule is O=C(O)c1cccc(Oc2ccncc2-c2ccccc2)c1. The average molecular weight is 291 g/mol. The number of aromatic carboxylic acids is 1. The molecule has 0 unspecified atom stereocenters. The van der Waals surface area contributed by atoms with Gasteiger partial charge in [0, 0.05) is 18.0 Å². The van der Waals surface area contributed by atoms with Gasteiger partial charge in [0.2, 0.25) is 0 Å². The zero-order valence-electron chi connectivity index (χ0n) is 11.6. The molecular weight excluding hydrogens is 278 g/mol. The van der Waals surface area contributed by atoms with Crippen molar-refractivity contribution in [3.63, 3.8) is 0 Å². The Morgan fingerprint density at radius 2 is 1.82 bits per heavy atom. The maximum atomic E-state index is 11.0. The highest BCUT2D eigenvalue weighted by Crippen LogP contribution is 2.32. The number of carbonyl (C=O) groups is 1. The van der Waals surface area contributed by atoms with Crippen molar-refractivity contribution in [2.45, 2.75) is 0 Å². The van der Waals surface area contributed by atoms with E-state index in [1.165, 1.54) is 12.1 Å². The topological polar surface area (TPSA) is 59.4 Å². The van der Waals surface area contributed by atoms with Crippen LogP contribution in [0, 0.1) is 0 Å². The lowest BCUT2D eigenvalue weighted by molar-refractivity contribution is 0.0696. The molecule has 22 heavy (non-hydrogen) atoms. The van der Waals surface area contributed by atoms with E-state index in [4.69, 9.17) is 9.84 Å². The first-order valence-electron chi connectivity index (χ1n) is 6.75. The van der Waals surface area contributed by atoms with E-state index >= 15 is 0 Å². The summed E-state index contributed by atoms with van der Waals surface area (Å²) in [5, 5.41) is 9.04. The quantitative estimate of drug-likeness (QED) is 0.781. The minimum Gasteiger partial charge on any atom is -0.478 e. The first-order chi connectivity index (χ1) is 10.7. The van der Waals surface area contributed by atoms with Crippen LogP contribution in [-0.2, 0) is 0 Å². The van der Waals surface area contributed by atoms with E-state index < -0.39 is 5.97 Å². The summed E-state index contributed by atoms with van der Waals surface area (Å²) in [4.78, 5) is 15.2. The molecule has 0 aliphatic heterocycles. The second-order valence-corrected chi connectivity index (χ2v) is 4.67. The third-order valence-corrected chi connectivity index (χ3v) is 3.17. The van der Waals surface area contributed by atoms with E-state index in [2.05, 4.69) is 4.98 Å². The van der Waals surface area contributed by atoms with Crippen molar-refractivity contribution in [2.75, 3.05) is 0 Å². The van der Waals surface area contributed by atoms with Crippen LogP contribution >= 0.6 is 0 Å². The largest absolute Gasteiger partial charge is 0.478 e. The standard InChI is InChI=1S/C18H13NO3/c20-18(21)14-7-4-8-15(11-14)22-17-9-10-19-12-16(17)13-5-2-1-3-6-13/h1-12H,(H,20,21). The highest BCUT2D eigenvalue weighted by molar-refractivity contribution is 5.88. The fourth-order valence-electron chi connectivity index (χ4n) is 2.12. The average Bonchev–Trinajstić information content (AvgIpc) is 2.56. The summed E-state index contributed by atoms with van der Waals surface area (Å²) in [5.74, 6) is 0.121. The third-order valence-electron chi connectivity index (χ3n) is 3.17. The third kappa shape index (κ3) is 2.96. The van der Waals surface area contributed by atoms with Crippen LogP contribution in [0.25, 0.3) is 11.1 Å². The molecule has 108 valence electrons. The second kappa shape index (κ2) is 6.10. The van der Waals surface area contributed by atoms with Gasteiger partial charge in [0.1, 0.15) is 11.5 Å². The van der Waals surface area contributed by atoms with E-state index in [-0.39, 0.29) is 5.56 Å². The molecule has 0 spiro atoms. The number of carboxylic acid groups (broad SMARTS) is 1. The Balaban J connectivity index is 1.97. The van der Waals surface area contributed by atoms with Crippen molar-refractivity contribution >= 4 is 5.97 Å². The van der Waals surface area contributed by atoms with Crippen LogP contribution in [0.4, 0.5) is 0 Å². The molecule has 1 heterocycles. The molecule has 2 aromatic carbocycles. The molecule has 0 saturated heterocycles. The Kier molecular flexibility index (Phi) is 3.83. The fourth-order valence-corrected chi connectivity index (χ4v) is 2.12. The van der Waals surface area contributed by atoms with Crippen molar-refractivity contribution in [1.82, 2.24) is 4.98 Å². The number of hydrogen-bond donors (Lipinski definition) is 1. The molecule has 0 aliphatic rings. The molecule has 0 radical (unpaired) electrons. The monoisotopic (exact) mass is 291 g/mol. The second-order valence-electron chi connectivity index (χ2n) is 4.67. The minimum atomic E-state index is -0.983. The lowest BCUT2D eigenvalue weighted by Crippen LogP contribution is -1.96. The molecule has 0 aliphatic carbocycles. The number of carboxylic acids is 1. The van der Waals surface area contributed by atoms with Gasteiger partial charge in [-0.15, -0.1) is 0 Å². The Morgan fingerprint density at radius 3 is 2.59 bits per heavy atom. The number of benzene rings is 2. The first-order valence-corrected chi connectivity index (χ1v) is 6.75. The van der Waals surface area contributed by atoms with E-state index in [1.54, 1.807) is 30.6 Å². The van der Waals surface area contributed by atoms with Gasteiger partial charge in [-0.05, 0) is 29.8 Å². The molecule has 3 aromatic rings. The van der Waals surface area contributed by atoms with Gasteiger partial charge in [0.15, 0.2) is 0 Å². The van der Waals surface area contributed by atoms with Gasteiger partial charge in [-0.3, -0.25) is 4.98 Å². The van der Waals surface area contributed by atoms with Crippen LogP contribution in [0.5, 0.6) is 11.5 Å². The van der Waals surface area contributed by atoms with Crippen LogP contribution in [0.3, 0.4) is 0 Å². The van der Waals surface area contributed by atoms with Crippen LogP contribution in [0.15, 0.2) is 73.1 Å². The van der Waals surface area contributed by atoms with E-state index in [0.717, 1.165) is 11.1 Å². The van der Waals surface area contributed by atoms with Crippen molar-refractivity contribution in [2.24, 2.45) is 0 Å². The maximum Gasteiger partial charge on any atom is 0.335 e. The van der Waals surface area contributed by atoms with Gasteiger partial charge in [0.05, 0.1) is 5.56 Å². The number of nitrogens with zero attached hydrogens (tertiary/aromatic N) is 1. The van der Waals surface area contributed by atoms with E-state index in [0.29, 0.717) is 11.5 Å². The van der Waals surface area contributed by atoms with Crippen LogP contribution in [0.1, 0.15) is 10.4 Å². The summed E-state index contributed by atoms with van der Waals surface area (Å²) in [6.07, 6.45) is 3.37. The Morgan fingerprint density at radius 1 is 1.00 bits per heavy atom. The first kappa shape index (κ1) is 13.8. The molecule has 4 nitrogen and oxygen atoms in total. The molecule has 1 aromatic heterocycles. The molecule has 0 atom stereocenters. The van der Waals surface area contributed by atoms with Gasteiger partial charge >= 0.3 is 5.97 Å². The molecule has 3 rings (SSSR count). The fraction of sp³-hybridized carbons (Fsp3) is 0. The molecule has 0 bridgehead atoms. The van der Waals surface area contributed by atoms with Crippen LogP contribution in [-0.4, -0.2) is 16.1 Å². The molecule has 0 fully saturated rings. The summed E-state index contributed by atoms with van der Waals surface area (Å²) in [6, 6.07) is 17.9. The maximum absolute atomic E-state index is 11.0. The summed E-state index contributed by atoms with van der Waals surface area (Å²) in [7, 11) is 0. The zero-order valence-corrected chi connectivity index (χ0v) is 11.6.